The predicted octanol–water partition coefficient (Wildman–Crippen LogP) is 3.31. The number of carbonyl (C=O) groups excluding carboxylic acids is 1. The molecule has 1 aliphatic rings. The quantitative estimate of drug-likeness (QED) is 0.904. The number of furan rings is 1. The highest BCUT2D eigenvalue weighted by Gasteiger charge is 2.29. The van der Waals surface area contributed by atoms with Gasteiger partial charge in [0.25, 0.3) is 0 Å². The second kappa shape index (κ2) is 6.55. The molecule has 0 saturated carbocycles. The molecule has 6 nitrogen and oxygen atoms in total. The maximum absolute atomic E-state index is 12.5. The third-order valence-corrected chi connectivity index (χ3v) is 4.67. The van der Waals surface area contributed by atoms with Crippen LogP contribution in [0.5, 0.6) is 0 Å². The first-order valence-electron chi connectivity index (χ1n) is 8.23. The summed E-state index contributed by atoms with van der Waals surface area (Å²) in [4.78, 5) is 25.2. The van der Waals surface area contributed by atoms with Crippen LogP contribution in [0.25, 0.3) is 11.0 Å². The Balaban J connectivity index is 1.71. The number of amides is 2. The van der Waals surface area contributed by atoms with Crippen molar-refractivity contribution in [2.24, 2.45) is 5.92 Å². The number of aliphatic carboxylic acids is 1. The van der Waals surface area contributed by atoms with Crippen LogP contribution < -0.4 is 5.32 Å². The Kier molecular flexibility index (Phi) is 4.46. The van der Waals surface area contributed by atoms with Crippen molar-refractivity contribution in [1.29, 1.82) is 0 Å². The van der Waals surface area contributed by atoms with Gasteiger partial charge in [0.1, 0.15) is 11.3 Å². The average Bonchev–Trinajstić information content (AvgIpc) is 2.92. The van der Waals surface area contributed by atoms with Crippen molar-refractivity contribution in [2.45, 2.75) is 32.7 Å². The summed E-state index contributed by atoms with van der Waals surface area (Å²) in [6.45, 7) is 4.70. The van der Waals surface area contributed by atoms with Crippen LogP contribution in [0, 0.1) is 12.8 Å². The van der Waals surface area contributed by atoms with Crippen molar-refractivity contribution in [2.75, 3.05) is 13.1 Å². The Morgan fingerprint density at radius 3 is 2.83 bits per heavy atom. The first kappa shape index (κ1) is 16.4. The van der Waals surface area contributed by atoms with Crippen molar-refractivity contribution in [3.63, 3.8) is 0 Å². The van der Waals surface area contributed by atoms with Crippen LogP contribution in [0.4, 0.5) is 4.79 Å². The fourth-order valence-corrected chi connectivity index (χ4v) is 3.31. The third kappa shape index (κ3) is 3.09. The van der Waals surface area contributed by atoms with Crippen LogP contribution in [0.2, 0.25) is 0 Å². The van der Waals surface area contributed by atoms with E-state index in [2.05, 4.69) is 5.32 Å². The molecule has 1 unspecified atom stereocenters. The molecule has 1 aromatic heterocycles. The molecule has 1 aromatic carbocycles. The lowest BCUT2D eigenvalue weighted by Gasteiger charge is -2.31. The molecule has 0 spiro atoms. The summed E-state index contributed by atoms with van der Waals surface area (Å²) in [6.07, 6.45) is 1.33. The van der Waals surface area contributed by atoms with Crippen LogP contribution in [-0.4, -0.2) is 35.1 Å². The normalized spacial score (nSPS) is 19.2. The molecule has 2 amide bonds. The van der Waals surface area contributed by atoms with Crippen molar-refractivity contribution in [3.8, 4) is 0 Å². The number of benzene rings is 1. The van der Waals surface area contributed by atoms with Gasteiger partial charge in [0, 0.05) is 24.0 Å². The van der Waals surface area contributed by atoms with Crippen LogP contribution in [0.3, 0.4) is 0 Å². The number of urea groups is 1. The number of para-hydroxylation sites is 1. The molecule has 1 aliphatic heterocycles. The number of carbonyl (C=O) groups is 2. The summed E-state index contributed by atoms with van der Waals surface area (Å²) in [5, 5.41) is 13.1. The van der Waals surface area contributed by atoms with Gasteiger partial charge in [0.05, 0.1) is 12.0 Å². The van der Waals surface area contributed by atoms with E-state index in [0.29, 0.717) is 19.4 Å². The van der Waals surface area contributed by atoms with Crippen molar-refractivity contribution >= 4 is 23.0 Å². The molecule has 0 bridgehead atoms. The van der Waals surface area contributed by atoms with Gasteiger partial charge in [-0.15, -0.1) is 0 Å². The van der Waals surface area contributed by atoms with Crippen molar-refractivity contribution < 1.29 is 19.1 Å². The predicted molar refractivity (Wildman–Crippen MR) is 89.8 cm³/mol. The first-order valence-corrected chi connectivity index (χ1v) is 8.23. The number of nitrogens with one attached hydrogen (secondary N) is 1. The Hall–Kier alpha value is -2.50. The number of hydrogen-bond donors (Lipinski definition) is 2. The van der Waals surface area contributed by atoms with Gasteiger partial charge in [-0.05, 0) is 32.8 Å². The van der Waals surface area contributed by atoms with E-state index in [1.165, 1.54) is 0 Å². The van der Waals surface area contributed by atoms with E-state index in [1.54, 1.807) is 4.90 Å². The van der Waals surface area contributed by atoms with E-state index < -0.39 is 11.9 Å². The average molecular weight is 330 g/mol. The number of rotatable bonds is 3. The highest BCUT2D eigenvalue weighted by molar-refractivity contribution is 5.82. The van der Waals surface area contributed by atoms with E-state index in [0.717, 1.165) is 22.3 Å². The maximum Gasteiger partial charge on any atom is 0.318 e. The van der Waals surface area contributed by atoms with Crippen LogP contribution >= 0.6 is 0 Å². The molecule has 1 fully saturated rings. The maximum atomic E-state index is 12.5. The van der Waals surface area contributed by atoms with E-state index in [9.17, 15) is 9.59 Å². The molecule has 2 aromatic rings. The summed E-state index contributed by atoms with van der Waals surface area (Å²) in [5.41, 5.74) is 1.82. The number of carboxylic acid groups (broad SMARTS) is 1. The molecule has 1 saturated heterocycles. The molecule has 0 radical (unpaired) electrons. The Labute approximate surface area is 140 Å². The molecular formula is C18H22N2O4. The summed E-state index contributed by atoms with van der Waals surface area (Å²) < 4.78 is 5.88. The Morgan fingerprint density at radius 1 is 1.38 bits per heavy atom. The van der Waals surface area contributed by atoms with Crippen LogP contribution in [0.15, 0.2) is 28.7 Å². The molecule has 2 heterocycles. The fourth-order valence-electron chi connectivity index (χ4n) is 3.31. The van der Waals surface area contributed by atoms with Crippen LogP contribution in [0.1, 0.15) is 37.1 Å². The minimum atomic E-state index is -0.839. The molecule has 0 aliphatic carbocycles. The number of hydrogen-bond acceptors (Lipinski definition) is 3. The number of nitrogens with zero attached hydrogens (tertiary/aromatic N) is 1. The number of aryl methyl sites for hydroxylation is 1. The number of piperidine rings is 1. The standard InChI is InChI=1S/C18H22N2O4/c1-11-14-7-3-4-8-15(14)24-16(11)12(2)19-18(23)20-9-5-6-13(10-20)17(21)22/h3-4,7-8,12-13H,5-6,9-10H2,1-2H3,(H,19,23)(H,21,22)/t12-,13?/m0/s1. The topological polar surface area (TPSA) is 82.8 Å². The summed E-state index contributed by atoms with van der Waals surface area (Å²) in [5.74, 6) is -0.585. The van der Waals surface area contributed by atoms with Gasteiger partial charge in [-0.1, -0.05) is 18.2 Å². The van der Waals surface area contributed by atoms with E-state index >= 15 is 0 Å². The van der Waals surface area contributed by atoms with Gasteiger partial charge in [-0.3, -0.25) is 4.79 Å². The zero-order valence-corrected chi connectivity index (χ0v) is 13.9. The van der Waals surface area contributed by atoms with Crippen molar-refractivity contribution in [1.82, 2.24) is 10.2 Å². The SMILES string of the molecule is Cc1c([C@H](C)NC(=O)N2CCCC(C(=O)O)C2)oc2ccccc12. The van der Waals surface area contributed by atoms with Gasteiger partial charge in [0.15, 0.2) is 0 Å². The summed E-state index contributed by atoms with van der Waals surface area (Å²) in [6, 6.07) is 7.25. The number of likely N-dealkylation sites (tertiary alicyclic amines) is 1. The zero-order chi connectivity index (χ0) is 17.3. The number of carboxylic acids is 1. The van der Waals surface area contributed by atoms with Crippen molar-refractivity contribution in [3.05, 3.63) is 35.6 Å². The lowest BCUT2D eigenvalue weighted by molar-refractivity contribution is -0.143. The largest absolute Gasteiger partial charge is 0.481 e. The van der Waals surface area contributed by atoms with Crippen LogP contribution in [-0.2, 0) is 4.79 Å². The van der Waals surface area contributed by atoms with E-state index in [1.807, 2.05) is 38.1 Å². The second-order valence-corrected chi connectivity index (χ2v) is 6.38. The van der Waals surface area contributed by atoms with Gasteiger partial charge in [-0.2, -0.15) is 0 Å². The molecular weight excluding hydrogens is 308 g/mol. The van der Waals surface area contributed by atoms with E-state index in [4.69, 9.17) is 9.52 Å². The molecule has 2 N–H and O–H groups in total. The highest BCUT2D eigenvalue weighted by Crippen LogP contribution is 2.29. The zero-order valence-electron chi connectivity index (χ0n) is 13.9. The lowest BCUT2D eigenvalue weighted by Crippen LogP contribution is -2.47. The molecule has 128 valence electrons. The summed E-state index contributed by atoms with van der Waals surface area (Å²) >= 11 is 0. The minimum absolute atomic E-state index is 0.242. The molecule has 3 rings (SSSR count). The van der Waals surface area contributed by atoms with Gasteiger partial charge in [-0.25, -0.2) is 4.79 Å². The highest BCUT2D eigenvalue weighted by atomic mass is 16.4. The molecule has 2 atom stereocenters. The number of fused-ring (bicyclic) bond motifs is 1. The minimum Gasteiger partial charge on any atom is -0.481 e. The van der Waals surface area contributed by atoms with Gasteiger partial charge in [0.2, 0.25) is 0 Å². The lowest BCUT2D eigenvalue weighted by atomic mass is 9.99. The van der Waals surface area contributed by atoms with Gasteiger partial charge < -0.3 is 19.7 Å². The third-order valence-electron chi connectivity index (χ3n) is 4.67. The summed E-state index contributed by atoms with van der Waals surface area (Å²) in [7, 11) is 0. The Morgan fingerprint density at radius 2 is 2.12 bits per heavy atom. The Bertz CT molecular complexity index is 767. The smallest absolute Gasteiger partial charge is 0.318 e. The second-order valence-electron chi connectivity index (χ2n) is 6.38. The first-order chi connectivity index (χ1) is 11.5. The molecule has 24 heavy (non-hydrogen) atoms. The van der Waals surface area contributed by atoms with Gasteiger partial charge >= 0.3 is 12.0 Å². The molecule has 6 heteroatoms. The van der Waals surface area contributed by atoms with E-state index in [-0.39, 0.29) is 18.6 Å². The fraction of sp³-hybridized carbons (Fsp3) is 0.444. The monoisotopic (exact) mass is 330 g/mol.